The van der Waals surface area contributed by atoms with Crippen LogP contribution in [0.1, 0.15) is 37.0 Å². The van der Waals surface area contributed by atoms with E-state index in [1.807, 2.05) is 17.5 Å². The van der Waals surface area contributed by atoms with Crippen LogP contribution in [0.4, 0.5) is 0 Å². The number of hydrogen-bond acceptors (Lipinski definition) is 6. The molecule has 7 nitrogen and oxygen atoms in total. The van der Waals surface area contributed by atoms with Gasteiger partial charge in [0.2, 0.25) is 11.8 Å². The van der Waals surface area contributed by atoms with E-state index in [9.17, 15) is 9.59 Å². The Balaban J connectivity index is 1.32. The highest BCUT2D eigenvalue weighted by Crippen LogP contribution is 2.31. The molecule has 0 radical (unpaired) electrons. The van der Waals surface area contributed by atoms with E-state index in [-0.39, 0.29) is 29.9 Å². The standard InChI is InChI=1S/C21H32N4O3S/c1-24-16(4-5-19(26)22-14-17-3-2-12-29-17)13-23-21(27)20-18(24)6-9-25(20)15-7-10-28-11-8-15/h2-3,12,15-16,18,20H,4-11,13-14H2,1H3,(H,22,26)(H,23,27). The average molecular weight is 421 g/mol. The largest absolute Gasteiger partial charge is 0.381 e. The highest BCUT2D eigenvalue weighted by Gasteiger charge is 2.47. The molecule has 0 aliphatic carbocycles. The molecule has 3 aliphatic heterocycles. The van der Waals surface area contributed by atoms with Gasteiger partial charge < -0.3 is 15.4 Å². The fourth-order valence-corrected chi connectivity index (χ4v) is 5.65. The lowest BCUT2D eigenvalue weighted by atomic mass is 10.0. The number of thiophene rings is 1. The number of rotatable bonds is 6. The molecule has 2 amide bonds. The Labute approximate surface area is 176 Å². The molecule has 0 spiro atoms. The maximum atomic E-state index is 12.9. The second-order valence-corrected chi connectivity index (χ2v) is 9.37. The zero-order valence-electron chi connectivity index (χ0n) is 17.1. The quantitative estimate of drug-likeness (QED) is 0.723. The zero-order chi connectivity index (χ0) is 20.2. The highest BCUT2D eigenvalue weighted by molar-refractivity contribution is 7.09. The molecule has 4 rings (SSSR count). The van der Waals surface area contributed by atoms with E-state index < -0.39 is 0 Å². The third-order valence-corrected chi connectivity index (χ3v) is 7.57. The maximum Gasteiger partial charge on any atom is 0.239 e. The second-order valence-electron chi connectivity index (χ2n) is 8.34. The van der Waals surface area contributed by atoms with Crippen molar-refractivity contribution in [2.24, 2.45) is 0 Å². The van der Waals surface area contributed by atoms with E-state index in [0.29, 0.717) is 25.6 Å². The highest BCUT2D eigenvalue weighted by atomic mass is 32.1. The number of likely N-dealkylation sites (N-methyl/N-ethyl adjacent to an activating group) is 1. The summed E-state index contributed by atoms with van der Waals surface area (Å²) in [5, 5.41) is 8.19. The third kappa shape index (κ3) is 4.82. The van der Waals surface area contributed by atoms with Crippen LogP contribution in [0, 0.1) is 0 Å². The number of carbonyl (C=O) groups excluding carboxylic acids is 2. The van der Waals surface area contributed by atoms with Crippen molar-refractivity contribution >= 4 is 23.2 Å². The normalized spacial score (nSPS) is 29.3. The van der Waals surface area contributed by atoms with Gasteiger partial charge in [0, 0.05) is 55.7 Å². The Kier molecular flexibility index (Phi) is 6.85. The van der Waals surface area contributed by atoms with E-state index in [1.165, 1.54) is 4.88 Å². The minimum Gasteiger partial charge on any atom is -0.381 e. The summed E-state index contributed by atoms with van der Waals surface area (Å²) in [6.45, 7) is 3.75. The first kappa shape index (κ1) is 20.8. The molecule has 1 aromatic heterocycles. The van der Waals surface area contributed by atoms with Gasteiger partial charge in [-0.1, -0.05) is 6.07 Å². The second kappa shape index (κ2) is 9.55. The van der Waals surface area contributed by atoms with Crippen molar-refractivity contribution in [3.63, 3.8) is 0 Å². The van der Waals surface area contributed by atoms with Crippen LogP contribution in [-0.4, -0.2) is 79.1 Å². The topological polar surface area (TPSA) is 73.9 Å². The Hall–Kier alpha value is -1.48. The van der Waals surface area contributed by atoms with Crippen LogP contribution in [-0.2, 0) is 20.9 Å². The molecule has 1 aromatic rings. The van der Waals surface area contributed by atoms with Crippen LogP contribution in [0.2, 0.25) is 0 Å². The number of carbonyl (C=O) groups is 2. The maximum absolute atomic E-state index is 12.9. The first-order valence-corrected chi connectivity index (χ1v) is 11.6. The van der Waals surface area contributed by atoms with Gasteiger partial charge in [-0.25, -0.2) is 0 Å². The monoisotopic (exact) mass is 420 g/mol. The summed E-state index contributed by atoms with van der Waals surface area (Å²) in [5.74, 6) is 0.227. The summed E-state index contributed by atoms with van der Waals surface area (Å²) in [7, 11) is 2.12. The van der Waals surface area contributed by atoms with E-state index in [4.69, 9.17) is 4.74 Å². The molecule has 8 heteroatoms. The molecule has 4 heterocycles. The van der Waals surface area contributed by atoms with Crippen LogP contribution in [0.5, 0.6) is 0 Å². The van der Waals surface area contributed by atoms with E-state index in [0.717, 1.165) is 45.4 Å². The van der Waals surface area contributed by atoms with Gasteiger partial charge in [-0.3, -0.25) is 19.4 Å². The van der Waals surface area contributed by atoms with Crippen molar-refractivity contribution in [2.75, 3.05) is 33.4 Å². The molecule has 160 valence electrons. The van der Waals surface area contributed by atoms with E-state index in [2.05, 4.69) is 27.5 Å². The third-order valence-electron chi connectivity index (χ3n) is 6.69. The Morgan fingerprint density at radius 1 is 1.34 bits per heavy atom. The van der Waals surface area contributed by atoms with Crippen molar-refractivity contribution in [2.45, 2.75) is 62.8 Å². The summed E-state index contributed by atoms with van der Waals surface area (Å²) in [6, 6.07) is 4.80. The number of ether oxygens (including phenoxy) is 1. The number of likely N-dealkylation sites (tertiary alicyclic amines) is 1. The SMILES string of the molecule is CN1C(CCC(=O)NCc2cccs2)CNC(=O)C2C1CCN2C1CCOCC1. The lowest BCUT2D eigenvalue weighted by molar-refractivity contribution is -0.127. The van der Waals surface area contributed by atoms with Gasteiger partial charge in [0.15, 0.2) is 0 Å². The summed E-state index contributed by atoms with van der Waals surface area (Å²) < 4.78 is 5.51. The van der Waals surface area contributed by atoms with Gasteiger partial charge in [0.1, 0.15) is 6.04 Å². The fraction of sp³-hybridized carbons (Fsp3) is 0.714. The summed E-state index contributed by atoms with van der Waals surface area (Å²) in [5.41, 5.74) is 0. The molecule has 3 aliphatic rings. The predicted octanol–water partition coefficient (Wildman–Crippen LogP) is 1.20. The van der Waals surface area contributed by atoms with Gasteiger partial charge in [0.05, 0.1) is 6.54 Å². The van der Waals surface area contributed by atoms with Crippen molar-refractivity contribution in [3.8, 4) is 0 Å². The number of fused-ring (bicyclic) bond motifs is 1. The molecular formula is C21H32N4O3S. The van der Waals surface area contributed by atoms with Gasteiger partial charge in [0.25, 0.3) is 0 Å². The smallest absolute Gasteiger partial charge is 0.239 e. The summed E-state index contributed by atoms with van der Waals surface area (Å²) in [6.07, 6.45) is 4.26. The van der Waals surface area contributed by atoms with Crippen LogP contribution < -0.4 is 10.6 Å². The lowest BCUT2D eigenvalue weighted by Crippen LogP contribution is -2.53. The minimum atomic E-state index is -0.0826. The molecule has 3 atom stereocenters. The number of amides is 2. The zero-order valence-corrected chi connectivity index (χ0v) is 18.0. The average Bonchev–Trinajstić information content (AvgIpc) is 3.40. The van der Waals surface area contributed by atoms with Crippen molar-refractivity contribution < 1.29 is 14.3 Å². The van der Waals surface area contributed by atoms with Crippen LogP contribution >= 0.6 is 11.3 Å². The predicted molar refractivity (Wildman–Crippen MR) is 113 cm³/mol. The molecule has 3 unspecified atom stereocenters. The van der Waals surface area contributed by atoms with Gasteiger partial charge >= 0.3 is 0 Å². The van der Waals surface area contributed by atoms with Gasteiger partial charge in [-0.15, -0.1) is 11.3 Å². The Morgan fingerprint density at radius 2 is 2.17 bits per heavy atom. The first-order valence-electron chi connectivity index (χ1n) is 10.8. The Morgan fingerprint density at radius 3 is 2.93 bits per heavy atom. The summed E-state index contributed by atoms with van der Waals surface area (Å²) >= 11 is 1.65. The van der Waals surface area contributed by atoms with E-state index >= 15 is 0 Å². The van der Waals surface area contributed by atoms with Gasteiger partial charge in [-0.05, 0) is 44.2 Å². The van der Waals surface area contributed by atoms with Crippen molar-refractivity contribution in [3.05, 3.63) is 22.4 Å². The first-order chi connectivity index (χ1) is 14.1. The van der Waals surface area contributed by atoms with Crippen LogP contribution in [0.3, 0.4) is 0 Å². The molecule has 3 saturated heterocycles. The molecule has 29 heavy (non-hydrogen) atoms. The molecule has 0 aromatic carbocycles. The molecule has 0 bridgehead atoms. The van der Waals surface area contributed by atoms with Gasteiger partial charge in [-0.2, -0.15) is 0 Å². The van der Waals surface area contributed by atoms with Crippen LogP contribution in [0.15, 0.2) is 17.5 Å². The molecule has 2 N–H and O–H groups in total. The lowest BCUT2D eigenvalue weighted by Gasteiger charge is -2.37. The molecular weight excluding hydrogens is 388 g/mol. The number of nitrogens with zero attached hydrogens (tertiary/aromatic N) is 2. The number of hydrogen-bond donors (Lipinski definition) is 2. The number of nitrogens with one attached hydrogen (secondary N) is 2. The van der Waals surface area contributed by atoms with E-state index in [1.54, 1.807) is 11.3 Å². The minimum absolute atomic E-state index is 0.0779. The van der Waals surface area contributed by atoms with Crippen LogP contribution in [0.25, 0.3) is 0 Å². The fourth-order valence-electron chi connectivity index (χ4n) is 5.01. The Bertz CT molecular complexity index is 692. The van der Waals surface area contributed by atoms with Crippen molar-refractivity contribution in [1.82, 2.24) is 20.4 Å². The molecule has 0 saturated carbocycles. The summed E-state index contributed by atoms with van der Waals surface area (Å²) in [4.78, 5) is 31.1. The van der Waals surface area contributed by atoms with Crippen molar-refractivity contribution in [1.29, 1.82) is 0 Å². The molecule has 3 fully saturated rings.